The second-order valence-electron chi connectivity index (χ2n) is 2.49. The summed E-state index contributed by atoms with van der Waals surface area (Å²) in [5, 5.41) is 0. The zero-order valence-corrected chi connectivity index (χ0v) is 5.62. The van der Waals surface area contributed by atoms with Crippen LogP contribution in [0.3, 0.4) is 0 Å². The number of hydrogen-bond donors (Lipinski definition) is 1. The topological polar surface area (TPSA) is 20.2 Å². The molecule has 1 N–H and O–H groups in total. The van der Waals surface area contributed by atoms with Gasteiger partial charge in [-0.2, -0.15) is 0 Å². The highest BCUT2D eigenvalue weighted by Gasteiger charge is 2.32. The summed E-state index contributed by atoms with van der Waals surface area (Å²) in [6, 6.07) is 0. The van der Waals surface area contributed by atoms with E-state index in [1.807, 2.05) is 6.66 Å². The van der Waals surface area contributed by atoms with Crippen molar-refractivity contribution >= 4 is 7.49 Å². The van der Waals surface area contributed by atoms with E-state index in [1.54, 1.807) is 0 Å². The fraction of sp³-hybridized carbons (Fsp3) is 1.00. The van der Waals surface area contributed by atoms with E-state index < -0.39 is 7.49 Å². The van der Waals surface area contributed by atoms with Gasteiger partial charge in [0.15, 0.2) is 0 Å². The molecule has 1 nitrogen and oxygen atoms in total. The van der Waals surface area contributed by atoms with Crippen LogP contribution in [0.15, 0.2) is 0 Å². The third-order valence-corrected chi connectivity index (χ3v) is 4.09. The molecule has 1 rings (SSSR count). The molecule has 0 bridgehead atoms. The first-order chi connectivity index (χ1) is 3.21. The molecule has 1 aliphatic rings. The van der Waals surface area contributed by atoms with E-state index in [9.17, 15) is 4.89 Å². The van der Waals surface area contributed by atoms with Crippen LogP contribution < -0.4 is 0 Å². The van der Waals surface area contributed by atoms with Gasteiger partial charge in [0, 0.05) is 0 Å². The normalized spacial score (nSPS) is 28.3. The predicted octanol–water partition coefficient (Wildman–Crippen LogP) is 1.33. The van der Waals surface area contributed by atoms with Gasteiger partial charge in [-0.05, 0) is 12.8 Å². The van der Waals surface area contributed by atoms with Gasteiger partial charge in [-0.1, -0.05) is 0 Å². The van der Waals surface area contributed by atoms with Crippen LogP contribution in [0.25, 0.3) is 0 Å². The Labute approximate surface area is 45.2 Å². The molecule has 1 fully saturated rings. The molecule has 42 valence electrons. The smallest absolute Gasteiger partial charge is 0.139 e. The fourth-order valence-electron chi connectivity index (χ4n) is 1.02. The van der Waals surface area contributed by atoms with Gasteiger partial charge in [-0.25, -0.2) is 0 Å². The van der Waals surface area contributed by atoms with Crippen molar-refractivity contribution in [1.82, 2.24) is 0 Å². The van der Waals surface area contributed by atoms with Crippen LogP contribution in [-0.4, -0.2) is 23.9 Å². The second kappa shape index (κ2) is 1.72. The third-order valence-electron chi connectivity index (χ3n) is 1.53. The number of hydrogen-bond acceptors (Lipinski definition) is 1. The Balaban J connectivity index is 2.40. The minimum Gasteiger partial charge on any atom is -0.252 e. The summed E-state index contributed by atoms with van der Waals surface area (Å²) in [6.07, 6.45) is 4.77. The molecule has 0 atom stereocenters. The van der Waals surface area contributed by atoms with Crippen molar-refractivity contribution in [1.29, 1.82) is 0 Å². The first-order valence-corrected chi connectivity index (χ1v) is 5.34. The molecule has 2 heteroatoms. The third kappa shape index (κ3) is 1.40. The highest BCUT2D eigenvalue weighted by atomic mass is 31.2. The summed E-state index contributed by atoms with van der Waals surface area (Å²) in [4.78, 5) is 9.31. The molecule has 1 aliphatic heterocycles. The van der Waals surface area contributed by atoms with Crippen molar-refractivity contribution in [3.05, 3.63) is 0 Å². The van der Waals surface area contributed by atoms with E-state index in [1.165, 1.54) is 12.8 Å². The van der Waals surface area contributed by atoms with Crippen molar-refractivity contribution in [2.75, 3.05) is 19.0 Å². The molecule has 0 aromatic heterocycles. The van der Waals surface area contributed by atoms with E-state index in [0.717, 1.165) is 12.3 Å². The fourth-order valence-corrected chi connectivity index (χ4v) is 3.05. The summed E-state index contributed by atoms with van der Waals surface area (Å²) in [7, 11) is -1.29. The molecule has 7 heavy (non-hydrogen) atoms. The van der Waals surface area contributed by atoms with Crippen LogP contribution in [0.4, 0.5) is 0 Å². The average Bonchev–Trinajstić information content (AvgIpc) is 1.84. The van der Waals surface area contributed by atoms with E-state index in [0.29, 0.717) is 0 Å². The van der Waals surface area contributed by atoms with Gasteiger partial charge in [0.25, 0.3) is 0 Å². The summed E-state index contributed by atoms with van der Waals surface area (Å²) in [5.41, 5.74) is 0. The Hall–Kier alpha value is 0.390. The largest absolute Gasteiger partial charge is 0.252 e. The van der Waals surface area contributed by atoms with Crippen molar-refractivity contribution in [2.24, 2.45) is 0 Å². The SMILES string of the molecule is C[P+]1(O)CCCC1. The van der Waals surface area contributed by atoms with Gasteiger partial charge in [0.2, 0.25) is 0 Å². The summed E-state index contributed by atoms with van der Waals surface area (Å²) >= 11 is 0. The van der Waals surface area contributed by atoms with E-state index >= 15 is 0 Å². The van der Waals surface area contributed by atoms with Crippen LogP contribution in [0.2, 0.25) is 0 Å². The van der Waals surface area contributed by atoms with Crippen molar-refractivity contribution in [3.63, 3.8) is 0 Å². The Kier molecular flexibility index (Phi) is 1.36. The zero-order chi connectivity index (χ0) is 5.33. The Morgan fingerprint density at radius 3 is 1.86 bits per heavy atom. The minimum absolute atomic E-state index is 1.12. The minimum atomic E-state index is -1.29. The molecule has 1 heterocycles. The molecular weight excluding hydrogens is 107 g/mol. The standard InChI is InChI=1S/C5H12OP/c1-7(6)4-2-3-5-7/h6H,2-5H2,1H3/q+1. The first-order valence-electron chi connectivity index (χ1n) is 2.78. The molecule has 0 unspecified atom stereocenters. The molecule has 0 aromatic carbocycles. The van der Waals surface area contributed by atoms with Crippen molar-refractivity contribution in [3.8, 4) is 0 Å². The van der Waals surface area contributed by atoms with Gasteiger partial charge in [0.05, 0.1) is 19.0 Å². The zero-order valence-electron chi connectivity index (χ0n) is 4.72. The molecule has 0 radical (unpaired) electrons. The van der Waals surface area contributed by atoms with Crippen LogP contribution in [0, 0.1) is 0 Å². The lowest BCUT2D eigenvalue weighted by Crippen LogP contribution is -1.87. The maximum atomic E-state index is 9.31. The van der Waals surface area contributed by atoms with Gasteiger partial charge < -0.3 is 0 Å². The Morgan fingerprint density at radius 2 is 1.71 bits per heavy atom. The van der Waals surface area contributed by atoms with Crippen molar-refractivity contribution in [2.45, 2.75) is 12.8 Å². The highest BCUT2D eigenvalue weighted by molar-refractivity contribution is 7.69. The quantitative estimate of drug-likeness (QED) is 0.477. The van der Waals surface area contributed by atoms with Crippen molar-refractivity contribution < 1.29 is 4.89 Å². The van der Waals surface area contributed by atoms with Crippen LogP contribution in [0.5, 0.6) is 0 Å². The predicted molar refractivity (Wildman–Crippen MR) is 34.0 cm³/mol. The lowest BCUT2D eigenvalue weighted by molar-refractivity contribution is 0.613. The Bertz CT molecular complexity index is 62.5. The van der Waals surface area contributed by atoms with E-state index in [4.69, 9.17) is 0 Å². The van der Waals surface area contributed by atoms with Crippen LogP contribution in [0.1, 0.15) is 12.8 Å². The molecule has 0 saturated carbocycles. The maximum Gasteiger partial charge on any atom is 0.139 e. The first kappa shape index (κ1) is 5.53. The molecule has 1 saturated heterocycles. The van der Waals surface area contributed by atoms with Gasteiger partial charge >= 0.3 is 0 Å². The highest BCUT2D eigenvalue weighted by Crippen LogP contribution is 2.56. The molecule has 0 aliphatic carbocycles. The van der Waals surface area contributed by atoms with Gasteiger partial charge in [-0.15, -0.1) is 0 Å². The average molecular weight is 119 g/mol. The number of rotatable bonds is 0. The van der Waals surface area contributed by atoms with Gasteiger partial charge in [-0.3, -0.25) is 4.89 Å². The van der Waals surface area contributed by atoms with E-state index in [-0.39, 0.29) is 0 Å². The summed E-state index contributed by atoms with van der Waals surface area (Å²) < 4.78 is 0. The maximum absolute atomic E-state index is 9.31. The van der Waals surface area contributed by atoms with Gasteiger partial charge in [0.1, 0.15) is 7.49 Å². The summed E-state index contributed by atoms with van der Waals surface area (Å²) in [6.45, 7) is 2.03. The van der Waals surface area contributed by atoms with Crippen LogP contribution >= 0.6 is 7.49 Å². The van der Waals surface area contributed by atoms with Crippen LogP contribution in [-0.2, 0) is 0 Å². The molecule has 0 amide bonds. The second-order valence-corrected chi connectivity index (χ2v) is 6.07. The lowest BCUT2D eigenvalue weighted by atomic mass is 10.4. The Morgan fingerprint density at radius 1 is 1.29 bits per heavy atom. The lowest BCUT2D eigenvalue weighted by Gasteiger charge is -2.02. The molecule has 0 spiro atoms. The summed E-state index contributed by atoms with van der Waals surface area (Å²) in [5.74, 6) is 0. The monoisotopic (exact) mass is 119 g/mol. The molecule has 0 aromatic rings. The molecular formula is C5H12OP+. The van der Waals surface area contributed by atoms with E-state index in [2.05, 4.69) is 0 Å².